The van der Waals surface area contributed by atoms with E-state index in [9.17, 15) is 5.11 Å². The van der Waals surface area contributed by atoms with Crippen LogP contribution in [0.15, 0.2) is 42.5 Å². The van der Waals surface area contributed by atoms with Crippen molar-refractivity contribution in [2.24, 2.45) is 5.92 Å². The Labute approximate surface area is 151 Å². The first-order chi connectivity index (χ1) is 12.0. The first-order valence-corrected chi connectivity index (χ1v) is 9.59. The second-order valence-electron chi connectivity index (χ2n) is 8.34. The predicted molar refractivity (Wildman–Crippen MR) is 103 cm³/mol. The molecule has 0 radical (unpaired) electrons. The number of phenols is 1. The van der Waals surface area contributed by atoms with Crippen LogP contribution in [0.4, 0.5) is 0 Å². The Kier molecular flexibility index (Phi) is 4.11. The monoisotopic (exact) mass is 335 g/mol. The molecule has 25 heavy (non-hydrogen) atoms. The molecule has 0 saturated carbocycles. The summed E-state index contributed by atoms with van der Waals surface area (Å²) in [6.45, 7) is 9.26. The van der Waals surface area contributed by atoms with E-state index >= 15 is 0 Å². The average molecular weight is 335 g/mol. The highest BCUT2D eigenvalue weighted by Crippen LogP contribution is 2.49. The highest BCUT2D eigenvalue weighted by molar-refractivity contribution is 5.44. The van der Waals surface area contributed by atoms with E-state index in [4.69, 9.17) is 0 Å². The molecule has 0 spiro atoms. The average Bonchev–Trinajstić information content (AvgIpc) is 2.60. The molecule has 2 bridgehead atoms. The zero-order valence-electron chi connectivity index (χ0n) is 15.6. The Morgan fingerprint density at radius 3 is 2.68 bits per heavy atom. The molecule has 1 fully saturated rings. The van der Waals surface area contributed by atoms with Gasteiger partial charge >= 0.3 is 0 Å². The summed E-state index contributed by atoms with van der Waals surface area (Å²) in [5.41, 5.74) is 5.78. The summed E-state index contributed by atoms with van der Waals surface area (Å²) < 4.78 is 0. The van der Waals surface area contributed by atoms with Gasteiger partial charge in [0.2, 0.25) is 0 Å². The Morgan fingerprint density at radius 1 is 1.16 bits per heavy atom. The number of nitrogens with zero attached hydrogens (tertiary/aromatic N) is 1. The van der Waals surface area contributed by atoms with Crippen molar-refractivity contribution >= 4 is 0 Å². The third-order valence-electron chi connectivity index (χ3n) is 6.92. The van der Waals surface area contributed by atoms with Crippen LogP contribution in [0.25, 0.3) is 0 Å². The Balaban J connectivity index is 1.55. The van der Waals surface area contributed by atoms with Crippen molar-refractivity contribution in [3.63, 3.8) is 0 Å². The van der Waals surface area contributed by atoms with Gasteiger partial charge in [-0.3, -0.25) is 4.90 Å². The van der Waals surface area contributed by atoms with Crippen LogP contribution in [0.3, 0.4) is 0 Å². The van der Waals surface area contributed by atoms with Gasteiger partial charge in [0.05, 0.1) is 0 Å². The van der Waals surface area contributed by atoms with Gasteiger partial charge in [-0.05, 0) is 72.9 Å². The fraction of sp³-hybridized carbons (Fsp3) is 0.478. The fourth-order valence-electron chi connectivity index (χ4n) is 5.00. The van der Waals surface area contributed by atoms with E-state index in [0.29, 0.717) is 17.7 Å². The van der Waals surface area contributed by atoms with Crippen molar-refractivity contribution in [2.75, 3.05) is 13.1 Å². The van der Waals surface area contributed by atoms with Gasteiger partial charge in [0, 0.05) is 12.6 Å². The zero-order chi connectivity index (χ0) is 17.6. The number of likely N-dealkylation sites (tertiary alicyclic amines) is 1. The minimum absolute atomic E-state index is 0.192. The number of aryl methyl sites for hydroxylation is 1. The molecule has 2 aromatic rings. The van der Waals surface area contributed by atoms with Gasteiger partial charge in [-0.15, -0.1) is 0 Å². The SMILES string of the molecule is Cc1ccc(CCN2CC[C@]3(C)c4cc(O)ccc4CC2C3C)cc1. The smallest absolute Gasteiger partial charge is 0.115 e. The molecule has 2 aliphatic rings. The number of benzene rings is 2. The lowest BCUT2D eigenvalue weighted by molar-refractivity contribution is 0.0322. The standard InChI is InChI=1S/C23H29NO/c1-16-4-6-18(7-5-16)10-12-24-13-11-23(3)17(2)22(24)14-19-8-9-20(25)15-21(19)23/h4-9,15,17,22,25H,10-14H2,1-3H3/t17?,22?,23-/m0/s1. The lowest BCUT2D eigenvalue weighted by atomic mass is 9.59. The van der Waals surface area contributed by atoms with Crippen LogP contribution in [0.1, 0.15) is 42.5 Å². The second-order valence-corrected chi connectivity index (χ2v) is 8.34. The maximum Gasteiger partial charge on any atom is 0.115 e. The molecule has 2 unspecified atom stereocenters. The lowest BCUT2D eigenvalue weighted by Crippen LogP contribution is -2.58. The highest BCUT2D eigenvalue weighted by Gasteiger charge is 2.48. The molecule has 3 atom stereocenters. The number of hydrogen-bond acceptors (Lipinski definition) is 2. The van der Waals surface area contributed by atoms with E-state index in [-0.39, 0.29) is 5.41 Å². The van der Waals surface area contributed by atoms with Crippen molar-refractivity contribution in [1.29, 1.82) is 0 Å². The number of aromatic hydroxyl groups is 1. The predicted octanol–water partition coefficient (Wildman–Crippen LogP) is 4.47. The highest BCUT2D eigenvalue weighted by atomic mass is 16.3. The Morgan fingerprint density at radius 2 is 1.92 bits per heavy atom. The molecule has 1 saturated heterocycles. The van der Waals surface area contributed by atoms with E-state index < -0.39 is 0 Å². The van der Waals surface area contributed by atoms with Gasteiger partial charge in [0.1, 0.15) is 5.75 Å². The summed E-state index contributed by atoms with van der Waals surface area (Å²) in [6.07, 6.45) is 3.41. The summed E-state index contributed by atoms with van der Waals surface area (Å²) >= 11 is 0. The first-order valence-electron chi connectivity index (χ1n) is 9.59. The quantitative estimate of drug-likeness (QED) is 0.895. The van der Waals surface area contributed by atoms with Gasteiger partial charge in [0.15, 0.2) is 0 Å². The van der Waals surface area contributed by atoms with Gasteiger partial charge in [-0.25, -0.2) is 0 Å². The van der Waals surface area contributed by atoms with Crippen molar-refractivity contribution in [1.82, 2.24) is 4.90 Å². The van der Waals surface area contributed by atoms with Gasteiger partial charge in [-0.1, -0.05) is 49.7 Å². The summed E-state index contributed by atoms with van der Waals surface area (Å²) in [4.78, 5) is 2.71. The topological polar surface area (TPSA) is 23.5 Å². The molecule has 0 aromatic heterocycles. The maximum absolute atomic E-state index is 9.96. The molecule has 2 heteroatoms. The van der Waals surface area contributed by atoms with E-state index in [0.717, 1.165) is 25.9 Å². The van der Waals surface area contributed by atoms with Crippen LogP contribution in [0.2, 0.25) is 0 Å². The Bertz CT molecular complexity index is 766. The van der Waals surface area contributed by atoms with E-state index in [2.05, 4.69) is 56.0 Å². The van der Waals surface area contributed by atoms with Crippen molar-refractivity contribution in [3.05, 3.63) is 64.7 Å². The van der Waals surface area contributed by atoms with E-state index in [1.54, 1.807) is 0 Å². The summed E-state index contributed by atoms with van der Waals surface area (Å²) in [6, 6.07) is 15.6. The third-order valence-corrected chi connectivity index (χ3v) is 6.92. The second kappa shape index (κ2) is 6.17. The van der Waals surface area contributed by atoms with E-state index in [1.165, 1.54) is 28.7 Å². The molecule has 1 aliphatic heterocycles. The zero-order valence-corrected chi connectivity index (χ0v) is 15.6. The molecule has 4 rings (SSSR count). The molecule has 1 heterocycles. The maximum atomic E-state index is 9.96. The molecular formula is C23H29NO. The van der Waals surface area contributed by atoms with Crippen LogP contribution in [-0.2, 0) is 18.3 Å². The van der Waals surface area contributed by atoms with Gasteiger partial charge in [0.25, 0.3) is 0 Å². The number of hydrogen-bond donors (Lipinski definition) is 1. The number of piperidine rings is 1. The molecule has 2 aromatic carbocycles. The molecule has 1 N–H and O–H groups in total. The molecule has 1 aliphatic carbocycles. The first kappa shape index (κ1) is 16.7. The van der Waals surface area contributed by atoms with Crippen LogP contribution >= 0.6 is 0 Å². The molecule has 2 nitrogen and oxygen atoms in total. The van der Waals surface area contributed by atoms with Crippen molar-refractivity contribution in [2.45, 2.75) is 51.5 Å². The number of fused-ring (bicyclic) bond motifs is 4. The van der Waals surface area contributed by atoms with E-state index in [1.807, 2.05) is 12.1 Å². The fourth-order valence-corrected chi connectivity index (χ4v) is 5.00. The molecule has 0 amide bonds. The Hall–Kier alpha value is -1.80. The normalized spacial score (nSPS) is 28.6. The number of phenolic OH excluding ortho intramolecular Hbond substituents is 1. The molecule has 132 valence electrons. The van der Waals surface area contributed by atoms with Crippen LogP contribution < -0.4 is 0 Å². The van der Waals surface area contributed by atoms with Gasteiger partial charge < -0.3 is 5.11 Å². The number of rotatable bonds is 3. The van der Waals surface area contributed by atoms with Crippen LogP contribution in [-0.4, -0.2) is 29.1 Å². The summed E-state index contributed by atoms with van der Waals surface area (Å²) in [5, 5.41) is 9.96. The van der Waals surface area contributed by atoms with Crippen LogP contribution in [0.5, 0.6) is 5.75 Å². The van der Waals surface area contributed by atoms with Gasteiger partial charge in [-0.2, -0.15) is 0 Å². The van der Waals surface area contributed by atoms with Crippen LogP contribution in [0, 0.1) is 12.8 Å². The summed E-state index contributed by atoms with van der Waals surface area (Å²) in [5.74, 6) is 1.03. The minimum atomic E-state index is 0.192. The van der Waals surface area contributed by atoms with Crippen molar-refractivity contribution in [3.8, 4) is 5.75 Å². The van der Waals surface area contributed by atoms with Crippen molar-refractivity contribution < 1.29 is 5.11 Å². The minimum Gasteiger partial charge on any atom is -0.508 e. The summed E-state index contributed by atoms with van der Waals surface area (Å²) in [7, 11) is 0. The lowest BCUT2D eigenvalue weighted by Gasteiger charge is -2.54. The third kappa shape index (κ3) is 2.87. The largest absolute Gasteiger partial charge is 0.508 e. The molecular weight excluding hydrogens is 306 g/mol.